The fourth-order valence-corrected chi connectivity index (χ4v) is 2.88. The van der Waals surface area contributed by atoms with Gasteiger partial charge in [0.1, 0.15) is 5.56 Å². The van der Waals surface area contributed by atoms with Crippen molar-refractivity contribution in [1.82, 2.24) is 14.7 Å². The molecule has 2 aromatic carbocycles. The first kappa shape index (κ1) is 17.0. The molecule has 8 heteroatoms. The molecule has 0 N–H and O–H groups in total. The predicted molar refractivity (Wildman–Crippen MR) is 92.9 cm³/mol. The van der Waals surface area contributed by atoms with E-state index >= 15 is 0 Å². The van der Waals surface area contributed by atoms with Crippen LogP contribution in [0, 0.1) is 0 Å². The number of aromatic nitrogens is 3. The molecule has 0 bridgehead atoms. The summed E-state index contributed by atoms with van der Waals surface area (Å²) in [6.07, 6.45) is -2.91. The fraction of sp³-hybridized carbons (Fsp3) is 0.105. The highest BCUT2D eigenvalue weighted by Gasteiger charge is 2.30. The molecule has 4 rings (SSSR count). The van der Waals surface area contributed by atoms with Crippen LogP contribution < -0.4 is 5.43 Å². The molecule has 136 valence electrons. The van der Waals surface area contributed by atoms with E-state index in [2.05, 4.69) is 10.1 Å². The number of pyridine rings is 1. The Morgan fingerprint density at radius 2 is 1.85 bits per heavy atom. The van der Waals surface area contributed by atoms with E-state index in [0.29, 0.717) is 5.39 Å². The van der Waals surface area contributed by atoms with Crippen LogP contribution in [0.25, 0.3) is 33.7 Å². The molecule has 0 radical (unpaired) electrons. The number of nitrogens with zero attached hydrogens (tertiary/aromatic N) is 3. The SMILES string of the molecule is Cn1cc(-c2nc(-c3cccc(C(F)(F)F)c3)no2)c(=O)c2ccccc21. The topological polar surface area (TPSA) is 60.9 Å². The van der Waals surface area contributed by atoms with E-state index in [1.54, 1.807) is 29.9 Å². The molecule has 0 atom stereocenters. The zero-order valence-corrected chi connectivity index (χ0v) is 14.0. The number of fused-ring (bicyclic) bond motifs is 1. The maximum Gasteiger partial charge on any atom is 0.416 e. The number of benzene rings is 2. The Kier molecular flexibility index (Phi) is 3.83. The molecule has 0 spiro atoms. The monoisotopic (exact) mass is 371 g/mol. The Balaban J connectivity index is 1.82. The highest BCUT2D eigenvalue weighted by Crippen LogP contribution is 2.32. The molecule has 0 aliphatic rings. The van der Waals surface area contributed by atoms with Gasteiger partial charge in [0.05, 0.1) is 11.1 Å². The van der Waals surface area contributed by atoms with Crippen LogP contribution in [-0.4, -0.2) is 14.7 Å². The smallest absolute Gasteiger partial charge is 0.350 e. The average molecular weight is 371 g/mol. The van der Waals surface area contributed by atoms with E-state index in [1.165, 1.54) is 12.1 Å². The van der Waals surface area contributed by atoms with Crippen LogP contribution in [0.5, 0.6) is 0 Å². The lowest BCUT2D eigenvalue weighted by atomic mass is 10.1. The lowest BCUT2D eigenvalue weighted by molar-refractivity contribution is -0.137. The van der Waals surface area contributed by atoms with Gasteiger partial charge in [0.2, 0.25) is 11.3 Å². The van der Waals surface area contributed by atoms with E-state index in [-0.39, 0.29) is 28.3 Å². The summed E-state index contributed by atoms with van der Waals surface area (Å²) >= 11 is 0. The Morgan fingerprint density at radius 1 is 1.07 bits per heavy atom. The van der Waals surface area contributed by atoms with E-state index in [4.69, 9.17) is 4.52 Å². The van der Waals surface area contributed by atoms with Crippen LogP contribution in [0.2, 0.25) is 0 Å². The number of hydrogen-bond donors (Lipinski definition) is 0. The molecule has 0 unspecified atom stereocenters. The first-order valence-corrected chi connectivity index (χ1v) is 7.95. The summed E-state index contributed by atoms with van der Waals surface area (Å²) in [5.41, 5.74) is -0.0286. The largest absolute Gasteiger partial charge is 0.416 e. The Morgan fingerprint density at radius 3 is 2.63 bits per heavy atom. The van der Waals surface area contributed by atoms with Crippen molar-refractivity contribution >= 4 is 10.9 Å². The van der Waals surface area contributed by atoms with Crippen molar-refractivity contribution in [3.63, 3.8) is 0 Å². The Bertz CT molecular complexity index is 1210. The van der Waals surface area contributed by atoms with E-state index in [0.717, 1.165) is 17.6 Å². The standard InChI is InChI=1S/C19H12F3N3O2/c1-25-10-14(16(26)13-7-2-3-8-15(13)25)18-23-17(24-27-18)11-5-4-6-12(9-11)19(20,21)22/h2-10H,1H3. The lowest BCUT2D eigenvalue weighted by Crippen LogP contribution is -2.10. The normalized spacial score (nSPS) is 11.9. The average Bonchev–Trinajstić information content (AvgIpc) is 3.14. The molecular formula is C19H12F3N3O2. The van der Waals surface area contributed by atoms with E-state index in [1.807, 2.05) is 12.1 Å². The van der Waals surface area contributed by atoms with Gasteiger partial charge in [0, 0.05) is 24.2 Å². The number of para-hydroxylation sites is 1. The van der Waals surface area contributed by atoms with Gasteiger partial charge in [-0.2, -0.15) is 18.2 Å². The maximum atomic E-state index is 12.9. The minimum Gasteiger partial charge on any atom is -0.350 e. The molecule has 2 aromatic heterocycles. The van der Waals surface area contributed by atoms with Crippen LogP contribution in [0.3, 0.4) is 0 Å². The number of hydrogen-bond acceptors (Lipinski definition) is 4. The van der Waals surface area contributed by atoms with Crippen molar-refractivity contribution in [2.24, 2.45) is 7.05 Å². The summed E-state index contributed by atoms with van der Waals surface area (Å²) in [6, 6.07) is 11.7. The summed E-state index contributed by atoms with van der Waals surface area (Å²) in [5, 5.41) is 4.22. The second kappa shape index (κ2) is 6.08. The zero-order valence-electron chi connectivity index (χ0n) is 14.0. The summed E-state index contributed by atoms with van der Waals surface area (Å²) in [4.78, 5) is 16.8. The van der Waals surface area contributed by atoms with Crippen LogP contribution >= 0.6 is 0 Å². The molecule has 27 heavy (non-hydrogen) atoms. The molecule has 0 saturated carbocycles. The van der Waals surface area contributed by atoms with Gasteiger partial charge in [-0.05, 0) is 24.3 Å². The third-order valence-corrected chi connectivity index (χ3v) is 4.20. The first-order valence-electron chi connectivity index (χ1n) is 7.95. The second-order valence-electron chi connectivity index (χ2n) is 6.00. The zero-order chi connectivity index (χ0) is 19.2. The van der Waals surface area contributed by atoms with Gasteiger partial charge in [-0.25, -0.2) is 0 Å². The first-order chi connectivity index (χ1) is 12.8. The van der Waals surface area contributed by atoms with Gasteiger partial charge in [-0.15, -0.1) is 0 Å². The van der Waals surface area contributed by atoms with Crippen molar-refractivity contribution in [3.8, 4) is 22.8 Å². The molecule has 0 amide bonds. The highest BCUT2D eigenvalue weighted by molar-refractivity contribution is 5.82. The molecule has 0 aliphatic heterocycles. The van der Waals surface area contributed by atoms with Gasteiger partial charge in [-0.3, -0.25) is 4.79 Å². The van der Waals surface area contributed by atoms with E-state index < -0.39 is 11.7 Å². The lowest BCUT2D eigenvalue weighted by Gasteiger charge is -2.06. The van der Waals surface area contributed by atoms with Crippen LogP contribution in [0.4, 0.5) is 13.2 Å². The van der Waals surface area contributed by atoms with Gasteiger partial charge in [0.15, 0.2) is 0 Å². The Hall–Kier alpha value is -3.42. The summed E-state index contributed by atoms with van der Waals surface area (Å²) in [7, 11) is 1.77. The van der Waals surface area contributed by atoms with Crippen LogP contribution in [-0.2, 0) is 13.2 Å². The molecule has 0 saturated heterocycles. The Labute approximate surface area is 150 Å². The number of halogens is 3. The van der Waals surface area contributed by atoms with Crippen LogP contribution in [0.1, 0.15) is 5.56 Å². The van der Waals surface area contributed by atoms with E-state index in [9.17, 15) is 18.0 Å². The molecule has 5 nitrogen and oxygen atoms in total. The van der Waals surface area contributed by atoms with Gasteiger partial charge in [-0.1, -0.05) is 29.4 Å². The predicted octanol–water partition coefficient (Wildman–Crippen LogP) is 4.27. The van der Waals surface area contributed by atoms with Crippen molar-refractivity contribution in [1.29, 1.82) is 0 Å². The summed E-state index contributed by atoms with van der Waals surface area (Å²) in [6.45, 7) is 0. The molecule has 0 aliphatic carbocycles. The molecular weight excluding hydrogens is 359 g/mol. The van der Waals surface area contributed by atoms with Gasteiger partial charge in [0.25, 0.3) is 5.89 Å². The molecule has 2 heterocycles. The van der Waals surface area contributed by atoms with Crippen molar-refractivity contribution in [3.05, 3.63) is 70.5 Å². The summed E-state index contributed by atoms with van der Waals surface area (Å²) in [5.74, 6) is -0.0694. The highest BCUT2D eigenvalue weighted by atomic mass is 19.4. The quantitative estimate of drug-likeness (QED) is 0.528. The van der Waals surface area contributed by atoms with Gasteiger partial charge >= 0.3 is 6.18 Å². The summed E-state index contributed by atoms with van der Waals surface area (Å²) < 4.78 is 45.6. The van der Waals surface area contributed by atoms with Gasteiger partial charge < -0.3 is 9.09 Å². The fourth-order valence-electron chi connectivity index (χ4n) is 2.88. The van der Waals surface area contributed by atoms with Crippen molar-refractivity contribution in [2.45, 2.75) is 6.18 Å². The third-order valence-electron chi connectivity index (χ3n) is 4.20. The molecule has 4 aromatic rings. The minimum absolute atomic E-state index is 0.0219. The number of rotatable bonds is 2. The number of aryl methyl sites for hydroxylation is 1. The maximum absolute atomic E-state index is 12.9. The number of alkyl halides is 3. The van der Waals surface area contributed by atoms with Crippen molar-refractivity contribution < 1.29 is 17.7 Å². The third kappa shape index (κ3) is 2.99. The second-order valence-corrected chi connectivity index (χ2v) is 6.00. The minimum atomic E-state index is -4.48. The molecule has 0 fully saturated rings. The van der Waals surface area contributed by atoms with Crippen LogP contribution in [0.15, 0.2) is 64.0 Å². The van der Waals surface area contributed by atoms with Crippen molar-refractivity contribution in [2.75, 3.05) is 0 Å².